The normalized spacial score (nSPS) is 12.1. The van der Waals surface area contributed by atoms with Crippen molar-refractivity contribution in [3.05, 3.63) is 0 Å². The van der Waals surface area contributed by atoms with E-state index in [0.29, 0.717) is 0 Å². The zero-order chi connectivity index (χ0) is 23.5. The van der Waals surface area contributed by atoms with Crippen LogP contribution in [0.1, 0.15) is 130 Å². The van der Waals surface area contributed by atoms with Gasteiger partial charge < -0.3 is 30.2 Å². The first-order chi connectivity index (χ1) is 14.0. The summed E-state index contributed by atoms with van der Waals surface area (Å²) in [6.45, 7) is 6.03. The molecule has 0 unspecified atom stereocenters. The van der Waals surface area contributed by atoms with Crippen LogP contribution in [-0.4, -0.2) is 35.2 Å². The van der Waals surface area contributed by atoms with E-state index < -0.39 is 26.7 Å². The number of rotatable bonds is 18. The highest BCUT2D eigenvalue weighted by Crippen LogP contribution is 2.69. The van der Waals surface area contributed by atoms with E-state index in [4.69, 9.17) is 24.7 Å². The predicted octanol–water partition coefficient (Wildman–Crippen LogP) is 5.84. The van der Waals surface area contributed by atoms with Crippen molar-refractivity contribution in [1.82, 2.24) is 0 Å². The molecule has 0 spiro atoms. The van der Waals surface area contributed by atoms with Crippen molar-refractivity contribution >= 4 is 15.2 Å². The SMILES string of the molecule is CCCC(O)(P(=O)(O)O)P(=O)(O)O.CCCCCCCCCCCCCCCCC.O. The second kappa shape index (κ2) is 20.8. The van der Waals surface area contributed by atoms with Crippen LogP contribution in [0.5, 0.6) is 0 Å². The minimum absolute atomic E-state index is 0. The van der Waals surface area contributed by atoms with Crippen LogP contribution < -0.4 is 0 Å². The fourth-order valence-corrected chi connectivity index (χ4v) is 5.63. The first-order valence-electron chi connectivity index (χ1n) is 11.8. The van der Waals surface area contributed by atoms with Gasteiger partial charge in [-0.3, -0.25) is 9.13 Å². The summed E-state index contributed by atoms with van der Waals surface area (Å²) in [5, 5.41) is 5.92. The van der Waals surface area contributed by atoms with E-state index in [1.54, 1.807) is 0 Å². The van der Waals surface area contributed by atoms with Gasteiger partial charge in [-0.05, 0) is 6.42 Å². The standard InChI is InChI=1S/C17H36.C4H12O7P2.H2O/c1-3-5-7-9-11-13-15-17-16-14-12-10-8-6-4-2;1-2-3-4(5,12(6,7)8)13(9,10)11;/h3-17H2,1-2H3;5H,2-3H2,1H3,(H2,6,7,8)(H2,9,10,11);1H2. The van der Waals surface area contributed by atoms with E-state index in [0.717, 1.165) is 0 Å². The lowest BCUT2D eigenvalue weighted by Gasteiger charge is -2.28. The van der Waals surface area contributed by atoms with Crippen molar-refractivity contribution in [2.24, 2.45) is 0 Å². The number of aliphatic hydroxyl groups is 1. The fraction of sp³-hybridized carbons (Fsp3) is 1.00. The highest BCUT2D eigenvalue weighted by atomic mass is 31.2. The van der Waals surface area contributed by atoms with E-state index in [1.807, 2.05) is 0 Å². The third kappa shape index (κ3) is 18.3. The molecule has 0 saturated carbocycles. The molecule has 0 atom stereocenters. The summed E-state index contributed by atoms with van der Waals surface area (Å²) in [4.78, 5) is 34.3. The summed E-state index contributed by atoms with van der Waals surface area (Å²) in [6, 6.07) is 0. The van der Waals surface area contributed by atoms with Gasteiger partial charge in [-0.1, -0.05) is 124 Å². The average Bonchev–Trinajstić information content (AvgIpc) is 2.64. The van der Waals surface area contributed by atoms with Gasteiger partial charge in [0.2, 0.25) is 0 Å². The third-order valence-electron chi connectivity index (χ3n) is 5.23. The largest absolute Gasteiger partial charge is 0.412 e. The minimum atomic E-state index is -5.23. The van der Waals surface area contributed by atoms with Gasteiger partial charge in [-0.15, -0.1) is 0 Å². The lowest BCUT2D eigenvalue weighted by atomic mass is 10.0. The molecule has 0 aliphatic heterocycles. The molecule has 31 heavy (non-hydrogen) atoms. The predicted molar refractivity (Wildman–Crippen MR) is 128 cm³/mol. The molecule has 7 N–H and O–H groups in total. The molecule has 0 aliphatic rings. The Bertz CT molecular complexity index is 440. The molecule has 0 aromatic carbocycles. The Morgan fingerprint density at radius 3 is 0.871 bits per heavy atom. The molecule has 0 amide bonds. The van der Waals surface area contributed by atoms with Crippen LogP contribution in [0.2, 0.25) is 0 Å². The van der Waals surface area contributed by atoms with Crippen LogP contribution in [0.15, 0.2) is 0 Å². The van der Waals surface area contributed by atoms with Gasteiger partial charge in [0.05, 0.1) is 0 Å². The molecule has 0 rings (SSSR count). The maximum atomic E-state index is 10.6. The maximum absolute atomic E-state index is 10.6. The lowest BCUT2D eigenvalue weighted by molar-refractivity contribution is 0.122. The average molecular weight is 493 g/mol. The molecule has 0 aliphatic carbocycles. The van der Waals surface area contributed by atoms with E-state index >= 15 is 0 Å². The molecule has 0 aromatic rings. The van der Waals surface area contributed by atoms with Crippen LogP contribution >= 0.6 is 15.2 Å². The van der Waals surface area contributed by atoms with Crippen molar-refractivity contribution in [2.75, 3.05) is 0 Å². The first-order valence-corrected chi connectivity index (χ1v) is 15.0. The molecule has 0 heterocycles. The summed E-state index contributed by atoms with van der Waals surface area (Å²) < 4.78 is 21.3. The Morgan fingerprint density at radius 2 is 0.742 bits per heavy atom. The van der Waals surface area contributed by atoms with Crippen LogP contribution in [-0.2, 0) is 9.13 Å². The van der Waals surface area contributed by atoms with Gasteiger partial charge in [-0.2, -0.15) is 0 Å². The highest BCUT2D eigenvalue weighted by molar-refractivity contribution is 7.72. The second-order valence-electron chi connectivity index (χ2n) is 8.21. The first kappa shape index (κ1) is 35.8. The molecular formula is C21H50O8P2. The van der Waals surface area contributed by atoms with Crippen molar-refractivity contribution in [1.29, 1.82) is 0 Å². The van der Waals surface area contributed by atoms with E-state index in [2.05, 4.69) is 13.8 Å². The Balaban J connectivity index is -0.000000507. The molecular weight excluding hydrogens is 442 g/mol. The zero-order valence-electron chi connectivity index (χ0n) is 20.0. The molecule has 0 aromatic heterocycles. The Hall–Kier alpha value is 0.220. The van der Waals surface area contributed by atoms with Gasteiger partial charge >= 0.3 is 15.2 Å². The fourth-order valence-electron chi connectivity index (χ4n) is 3.24. The molecule has 0 bridgehead atoms. The van der Waals surface area contributed by atoms with Crippen molar-refractivity contribution < 1.29 is 39.3 Å². The van der Waals surface area contributed by atoms with Crippen molar-refractivity contribution in [3.63, 3.8) is 0 Å². The summed E-state index contributed by atoms with van der Waals surface area (Å²) in [5.74, 6) is 0. The smallest absolute Gasteiger partial charge is 0.369 e. The number of unbranched alkanes of at least 4 members (excludes halogenated alkanes) is 14. The van der Waals surface area contributed by atoms with Crippen LogP contribution in [0.4, 0.5) is 0 Å². The molecule has 8 nitrogen and oxygen atoms in total. The van der Waals surface area contributed by atoms with Crippen LogP contribution in [0, 0.1) is 0 Å². The van der Waals surface area contributed by atoms with Crippen LogP contribution in [0.25, 0.3) is 0 Å². The van der Waals surface area contributed by atoms with Gasteiger partial charge in [0.25, 0.3) is 5.08 Å². The topological polar surface area (TPSA) is 167 Å². The van der Waals surface area contributed by atoms with E-state index in [9.17, 15) is 9.13 Å². The molecule has 0 radical (unpaired) electrons. The third-order valence-corrected chi connectivity index (χ3v) is 9.10. The lowest BCUT2D eigenvalue weighted by Crippen LogP contribution is -2.28. The van der Waals surface area contributed by atoms with Crippen LogP contribution in [0.3, 0.4) is 0 Å². The van der Waals surface area contributed by atoms with Gasteiger partial charge in [0, 0.05) is 0 Å². The Kier molecular flexibility index (Phi) is 24.0. The van der Waals surface area contributed by atoms with Crippen molar-refractivity contribution in [2.45, 2.75) is 135 Å². The maximum Gasteiger partial charge on any atom is 0.369 e. The molecule has 0 fully saturated rings. The minimum Gasteiger partial charge on any atom is -0.412 e. The molecule has 10 heteroatoms. The molecule has 0 saturated heterocycles. The summed E-state index contributed by atoms with van der Waals surface area (Å²) in [7, 11) is -10.5. The number of hydrogen-bond acceptors (Lipinski definition) is 3. The monoisotopic (exact) mass is 492 g/mol. The number of hydrogen-bond donors (Lipinski definition) is 5. The van der Waals surface area contributed by atoms with Gasteiger partial charge in [0.1, 0.15) is 0 Å². The van der Waals surface area contributed by atoms with Crippen molar-refractivity contribution in [3.8, 4) is 0 Å². The van der Waals surface area contributed by atoms with Gasteiger partial charge in [0.15, 0.2) is 0 Å². The summed E-state index contributed by atoms with van der Waals surface area (Å²) in [5.41, 5.74) is 0. The van der Waals surface area contributed by atoms with Gasteiger partial charge in [-0.25, -0.2) is 0 Å². The summed E-state index contributed by atoms with van der Waals surface area (Å²) in [6.07, 6.45) is 21.3. The zero-order valence-corrected chi connectivity index (χ0v) is 21.8. The Labute approximate surface area is 189 Å². The van der Waals surface area contributed by atoms with E-state index in [1.165, 1.54) is 103 Å². The summed E-state index contributed by atoms with van der Waals surface area (Å²) >= 11 is 0. The Morgan fingerprint density at radius 1 is 0.516 bits per heavy atom. The van der Waals surface area contributed by atoms with E-state index in [-0.39, 0.29) is 11.9 Å². The second-order valence-corrected chi connectivity index (χ2v) is 12.2. The highest BCUT2D eigenvalue weighted by Gasteiger charge is 2.58. The molecule has 192 valence electrons. The quantitative estimate of drug-likeness (QED) is 0.118.